The van der Waals surface area contributed by atoms with E-state index in [4.69, 9.17) is 11.1 Å². The van der Waals surface area contributed by atoms with E-state index in [1.54, 1.807) is 0 Å². The standard InChI is InChI=1S/C16H18N2S/c1-11-3-7-15(8-4-11)19-10-14-6-5-13(16(17)18)9-12(14)2/h3-9H,10H2,1-2H3,(H3,17,18). The van der Waals surface area contributed by atoms with Crippen LogP contribution in [0.25, 0.3) is 0 Å². The van der Waals surface area contributed by atoms with Crippen LogP contribution in [-0.4, -0.2) is 5.84 Å². The molecule has 0 radical (unpaired) electrons. The molecule has 0 heterocycles. The Kier molecular flexibility index (Phi) is 4.27. The summed E-state index contributed by atoms with van der Waals surface area (Å²) < 4.78 is 0. The summed E-state index contributed by atoms with van der Waals surface area (Å²) in [5.74, 6) is 1.06. The highest BCUT2D eigenvalue weighted by molar-refractivity contribution is 7.98. The minimum Gasteiger partial charge on any atom is -0.384 e. The van der Waals surface area contributed by atoms with Gasteiger partial charge in [0.1, 0.15) is 5.84 Å². The number of amidine groups is 1. The zero-order chi connectivity index (χ0) is 13.8. The minimum absolute atomic E-state index is 0.126. The molecule has 0 saturated carbocycles. The number of thioether (sulfide) groups is 1. The van der Waals surface area contributed by atoms with Crippen molar-refractivity contribution in [2.75, 3.05) is 0 Å². The van der Waals surface area contributed by atoms with E-state index in [1.165, 1.54) is 21.6 Å². The Hall–Kier alpha value is -1.74. The van der Waals surface area contributed by atoms with Crippen molar-refractivity contribution in [2.24, 2.45) is 5.73 Å². The number of nitrogens with two attached hydrogens (primary N) is 1. The first-order chi connectivity index (χ1) is 9.06. The molecule has 0 spiro atoms. The first kappa shape index (κ1) is 13.7. The topological polar surface area (TPSA) is 49.9 Å². The lowest BCUT2D eigenvalue weighted by Gasteiger charge is -2.08. The third kappa shape index (κ3) is 3.61. The third-order valence-electron chi connectivity index (χ3n) is 3.07. The molecule has 0 unspecified atom stereocenters. The van der Waals surface area contributed by atoms with Crippen LogP contribution < -0.4 is 5.73 Å². The fraction of sp³-hybridized carbons (Fsp3) is 0.188. The number of hydrogen-bond acceptors (Lipinski definition) is 2. The van der Waals surface area contributed by atoms with E-state index < -0.39 is 0 Å². The van der Waals surface area contributed by atoms with Crippen molar-refractivity contribution in [3.63, 3.8) is 0 Å². The molecule has 0 amide bonds. The van der Waals surface area contributed by atoms with Gasteiger partial charge in [-0.05, 0) is 43.2 Å². The van der Waals surface area contributed by atoms with Crippen molar-refractivity contribution >= 4 is 17.6 Å². The lowest BCUT2D eigenvalue weighted by molar-refractivity contribution is 1.28. The van der Waals surface area contributed by atoms with Crippen molar-refractivity contribution in [2.45, 2.75) is 24.5 Å². The predicted octanol–water partition coefficient (Wildman–Crippen LogP) is 3.88. The Morgan fingerprint density at radius 3 is 2.37 bits per heavy atom. The average Bonchev–Trinajstić information content (AvgIpc) is 2.39. The number of hydrogen-bond donors (Lipinski definition) is 2. The molecular weight excluding hydrogens is 252 g/mol. The summed E-state index contributed by atoms with van der Waals surface area (Å²) in [6, 6.07) is 14.5. The minimum atomic E-state index is 0.126. The van der Waals surface area contributed by atoms with E-state index >= 15 is 0 Å². The number of nitrogen functional groups attached to an aromatic ring is 1. The molecule has 19 heavy (non-hydrogen) atoms. The molecule has 0 aliphatic carbocycles. The van der Waals surface area contributed by atoms with Gasteiger partial charge >= 0.3 is 0 Å². The second-order valence-electron chi connectivity index (χ2n) is 4.66. The van der Waals surface area contributed by atoms with Crippen LogP contribution in [0.5, 0.6) is 0 Å². The molecule has 0 aromatic heterocycles. The Morgan fingerprint density at radius 1 is 1.11 bits per heavy atom. The quantitative estimate of drug-likeness (QED) is 0.503. The molecule has 3 heteroatoms. The van der Waals surface area contributed by atoms with Gasteiger partial charge in [0.2, 0.25) is 0 Å². The summed E-state index contributed by atoms with van der Waals surface area (Å²) >= 11 is 1.83. The maximum absolute atomic E-state index is 7.43. The molecule has 0 fully saturated rings. The summed E-state index contributed by atoms with van der Waals surface area (Å²) in [4.78, 5) is 1.28. The number of benzene rings is 2. The highest BCUT2D eigenvalue weighted by Crippen LogP contribution is 2.25. The highest BCUT2D eigenvalue weighted by atomic mass is 32.2. The molecule has 0 aliphatic heterocycles. The summed E-state index contributed by atoms with van der Waals surface area (Å²) in [6.07, 6.45) is 0. The summed E-state index contributed by atoms with van der Waals surface area (Å²) in [5, 5.41) is 7.43. The van der Waals surface area contributed by atoms with Crippen molar-refractivity contribution in [1.29, 1.82) is 5.41 Å². The molecule has 2 aromatic carbocycles. The van der Waals surface area contributed by atoms with Gasteiger partial charge in [-0.3, -0.25) is 5.41 Å². The first-order valence-electron chi connectivity index (χ1n) is 6.19. The molecule has 98 valence electrons. The molecule has 0 saturated heterocycles. The SMILES string of the molecule is Cc1ccc(SCc2ccc(C(=N)N)cc2C)cc1. The molecule has 0 aliphatic rings. The van der Waals surface area contributed by atoms with E-state index in [1.807, 2.05) is 23.9 Å². The van der Waals surface area contributed by atoms with Crippen LogP contribution in [-0.2, 0) is 5.75 Å². The van der Waals surface area contributed by atoms with E-state index in [0.717, 1.165) is 11.3 Å². The molecule has 2 nitrogen and oxygen atoms in total. The highest BCUT2D eigenvalue weighted by Gasteiger charge is 2.03. The zero-order valence-electron chi connectivity index (χ0n) is 11.2. The van der Waals surface area contributed by atoms with Crippen molar-refractivity contribution < 1.29 is 0 Å². The smallest absolute Gasteiger partial charge is 0.122 e. The summed E-state index contributed by atoms with van der Waals surface area (Å²) in [6.45, 7) is 4.16. The molecule has 3 N–H and O–H groups in total. The maximum Gasteiger partial charge on any atom is 0.122 e. The van der Waals surface area contributed by atoms with Gasteiger partial charge in [-0.25, -0.2) is 0 Å². The molecular formula is C16H18N2S. The normalized spacial score (nSPS) is 10.4. The van der Waals surface area contributed by atoms with Crippen molar-refractivity contribution in [1.82, 2.24) is 0 Å². The monoisotopic (exact) mass is 270 g/mol. The van der Waals surface area contributed by atoms with Crippen LogP contribution in [0.4, 0.5) is 0 Å². The van der Waals surface area contributed by atoms with E-state index in [2.05, 4.69) is 44.2 Å². The number of rotatable bonds is 4. The molecule has 0 bridgehead atoms. The second-order valence-corrected chi connectivity index (χ2v) is 5.71. The molecule has 2 rings (SSSR count). The van der Waals surface area contributed by atoms with Gasteiger partial charge < -0.3 is 5.73 Å². The Labute approximate surface area is 118 Å². The van der Waals surface area contributed by atoms with Crippen LogP contribution in [0.1, 0.15) is 22.3 Å². The lowest BCUT2D eigenvalue weighted by Crippen LogP contribution is -2.11. The van der Waals surface area contributed by atoms with Gasteiger partial charge in [-0.2, -0.15) is 0 Å². The van der Waals surface area contributed by atoms with E-state index in [0.29, 0.717) is 0 Å². The Morgan fingerprint density at radius 2 is 1.79 bits per heavy atom. The van der Waals surface area contributed by atoms with Crippen LogP contribution >= 0.6 is 11.8 Å². The van der Waals surface area contributed by atoms with Gasteiger partial charge in [0.05, 0.1) is 0 Å². The van der Waals surface area contributed by atoms with Gasteiger partial charge in [-0.15, -0.1) is 11.8 Å². The third-order valence-corrected chi connectivity index (χ3v) is 4.13. The van der Waals surface area contributed by atoms with E-state index in [-0.39, 0.29) is 5.84 Å². The average molecular weight is 270 g/mol. The second kappa shape index (κ2) is 5.93. The number of nitrogens with one attached hydrogen (secondary N) is 1. The number of aryl methyl sites for hydroxylation is 2. The first-order valence-corrected chi connectivity index (χ1v) is 7.18. The van der Waals surface area contributed by atoms with Gasteiger partial charge in [-0.1, -0.05) is 29.8 Å². The Bertz CT molecular complexity index is 588. The van der Waals surface area contributed by atoms with Crippen LogP contribution in [0, 0.1) is 19.3 Å². The summed E-state index contributed by atoms with van der Waals surface area (Å²) in [5.41, 5.74) is 10.0. The Balaban J connectivity index is 2.07. The van der Waals surface area contributed by atoms with Crippen LogP contribution in [0.15, 0.2) is 47.4 Å². The van der Waals surface area contributed by atoms with E-state index in [9.17, 15) is 0 Å². The summed E-state index contributed by atoms with van der Waals surface area (Å²) in [7, 11) is 0. The van der Waals surface area contributed by atoms with Crippen LogP contribution in [0.2, 0.25) is 0 Å². The fourth-order valence-electron chi connectivity index (χ4n) is 1.82. The predicted molar refractivity (Wildman–Crippen MR) is 82.9 cm³/mol. The maximum atomic E-state index is 7.43. The van der Waals surface area contributed by atoms with Crippen molar-refractivity contribution in [3.8, 4) is 0 Å². The van der Waals surface area contributed by atoms with Gasteiger partial charge in [0.15, 0.2) is 0 Å². The zero-order valence-corrected chi connectivity index (χ0v) is 12.1. The van der Waals surface area contributed by atoms with Crippen LogP contribution in [0.3, 0.4) is 0 Å². The molecule has 0 atom stereocenters. The molecule has 2 aromatic rings. The van der Waals surface area contributed by atoms with Gasteiger partial charge in [0.25, 0.3) is 0 Å². The largest absolute Gasteiger partial charge is 0.384 e. The fourth-order valence-corrected chi connectivity index (χ4v) is 2.80. The van der Waals surface area contributed by atoms with Gasteiger partial charge in [0, 0.05) is 16.2 Å². The van der Waals surface area contributed by atoms with Crippen molar-refractivity contribution in [3.05, 3.63) is 64.7 Å². The lowest BCUT2D eigenvalue weighted by atomic mass is 10.1.